The van der Waals surface area contributed by atoms with Gasteiger partial charge in [-0.15, -0.1) is 0 Å². The summed E-state index contributed by atoms with van der Waals surface area (Å²) in [6, 6.07) is -1.29. The topological polar surface area (TPSA) is 161 Å². The van der Waals surface area contributed by atoms with Crippen LogP contribution in [0.5, 0.6) is 0 Å². The monoisotopic (exact) mass is 591 g/mol. The Morgan fingerprint density at radius 1 is 0.881 bits per heavy atom. The molecule has 1 saturated carbocycles. The predicted molar refractivity (Wildman–Crippen MR) is 148 cm³/mol. The molecule has 42 heavy (non-hydrogen) atoms. The molecule has 7 atom stereocenters. The highest BCUT2D eigenvalue weighted by Gasteiger charge is 2.48. The van der Waals surface area contributed by atoms with Crippen molar-refractivity contribution in [2.24, 2.45) is 5.92 Å². The van der Waals surface area contributed by atoms with Gasteiger partial charge >= 0.3 is 0 Å². The largest absolute Gasteiger partial charge is 0.388 e. The Balaban J connectivity index is 1.27. The molecule has 6 aliphatic rings. The number of hydrogen-bond donors (Lipinski definition) is 4. The third-order valence-corrected chi connectivity index (χ3v) is 10.2. The van der Waals surface area contributed by atoms with Crippen LogP contribution in [0, 0.1) is 5.92 Å². The van der Waals surface area contributed by atoms with Crippen LogP contribution in [0.15, 0.2) is 0 Å². The first kappa shape index (κ1) is 29.7. The van der Waals surface area contributed by atoms with Crippen LogP contribution in [0.25, 0.3) is 0 Å². The maximum Gasteiger partial charge on any atom is 0.244 e. The van der Waals surface area contributed by atoms with Gasteiger partial charge in [-0.1, -0.05) is 19.3 Å². The molecule has 6 rings (SSSR count). The Morgan fingerprint density at radius 3 is 2.38 bits per heavy atom. The lowest BCUT2D eigenvalue weighted by Crippen LogP contribution is -2.64. The number of likely N-dealkylation sites (tertiary alicyclic amines) is 1. The number of carbonyl (C=O) groups excluding carboxylic acids is 4. The number of fused-ring (bicyclic) bond motifs is 6. The molecule has 6 bridgehead atoms. The van der Waals surface area contributed by atoms with Crippen molar-refractivity contribution in [3.05, 3.63) is 0 Å². The van der Waals surface area contributed by atoms with Gasteiger partial charge in [-0.3, -0.25) is 24.1 Å². The van der Waals surface area contributed by atoms with Crippen molar-refractivity contribution < 1.29 is 38.9 Å². The second-order valence-electron chi connectivity index (χ2n) is 12.9. The summed E-state index contributed by atoms with van der Waals surface area (Å²) < 4.78 is 11.3. The standard InChI is InChI=1S/C29H45N5O8/c35-24-13-22-25(36)26(37)23(42-22)14-30-27(38)21-16-32(8-9-33(21)28(39)17-6-10-41-11-7-17)29(40)20-12-18(31-24)15-34(20)19-4-2-1-3-5-19/h17-23,25-26,36-37H,1-16H2,(H,30,38)(H,31,35)/t18-,20-,21-,22-,23+,25-,26+/m0/s1. The first-order chi connectivity index (χ1) is 20.3. The van der Waals surface area contributed by atoms with E-state index in [1.54, 1.807) is 9.80 Å². The minimum absolute atomic E-state index is 0.0605. The maximum absolute atomic E-state index is 14.2. The van der Waals surface area contributed by atoms with Crippen LogP contribution in [0.2, 0.25) is 0 Å². The van der Waals surface area contributed by atoms with Gasteiger partial charge in [-0.05, 0) is 32.1 Å². The van der Waals surface area contributed by atoms with Crippen molar-refractivity contribution in [2.75, 3.05) is 45.9 Å². The maximum atomic E-state index is 14.2. The summed E-state index contributed by atoms with van der Waals surface area (Å²) in [6.45, 7) is 2.12. The van der Waals surface area contributed by atoms with Crippen LogP contribution in [-0.2, 0) is 28.7 Å². The Kier molecular flexibility index (Phi) is 9.01. The number of aliphatic hydroxyl groups is 2. The number of nitrogens with one attached hydrogen (secondary N) is 2. The van der Waals surface area contributed by atoms with Crippen LogP contribution in [0.3, 0.4) is 0 Å². The zero-order valence-electron chi connectivity index (χ0n) is 24.2. The third kappa shape index (κ3) is 6.03. The van der Waals surface area contributed by atoms with E-state index in [0.29, 0.717) is 45.6 Å². The van der Waals surface area contributed by atoms with Gasteiger partial charge in [0.2, 0.25) is 23.6 Å². The molecule has 4 N–H and O–H groups in total. The minimum Gasteiger partial charge on any atom is -0.388 e. The Hall–Kier alpha value is -2.32. The summed E-state index contributed by atoms with van der Waals surface area (Å²) in [5, 5.41) is 27.1. The van der Waals surface area contributed by atoms with Gasteiger partial charge in [0.1, 0.15) is 24.4 Å². The van der Waals surface area contributed by atoms with Gasteiger partial charge in [0.05, 0.1) is 25.1 Å². The average molecular weight is 592 g/mol. The summed E-state index contributed by atoms with van der Waals surface area (Å²) in [4.78, 5) is 60.0. The molecule has 0 aromatic heterocycles. The summed E-state index contributed by atoms with van der Waals surface area (Å²) in [5.41, 5.74) is 0. The van der Waals surface area contributed by atoms with Gasteiger partial charge in [0.15, 0.2) is 0 Å². The molecular weight excluding hydrogens is 546 g/mol. The number of nitrogens with zero attached hydrogens (tertiary/aromatic N) is 3. The Bertz CT molecular complexity index is 1030. The van der Waals surface area contributed by atoms with E-state index in [0.717, 1.165) is 25.7 Å². The van der Waals surface area contributed by atoms with Crippen molar-refractivity contribution in [3.63, 3.8) is 0 Å². The summed E-state index contributed by atoms with van der Waals surface area (Å²) in [6.07, 6.45) is 2.54. The number of carbonyl (C=O) groups is 4. The van der Waals surface area contributed by atoms with Crippen LogP contribution in [0.1, 0.15) is 57.8 Å². The summed E-state index contributed by atoms with van der Waals surface area (Å²) in [5.74, 6) is -1.12. The normalized spacial score (nSPS) is 38.0. The van der Waals surface area contributed by atoms with Crippen LogP contribution >= 0.6 is 0 Å². The fourth-order valence-corrected chi connectivity index (χ4v) is 7.84. The van der Waals surface area contributed by atoms with Crippen molar-refractivity contribution in [3.8, 4) is 0 Å². The lowest BCUT2D eigenvalue weighted by Gasteiger charge is -2.44. The highest BCUT2D eigenvalue weighted by molar-refractivity contribution is 5.91. The van der Waals surface area contributed by atoms with E-state index in [-0.39, 0.29) is 61.8 Å². The molecule has 0 aromatic carbocycles. The molecular formula is C29H45N5O8. The van der Waals surface area contributed by atoms with Crippen LogP contribution in [-0.4, -0.2) is 143 Å². The van der Waals surface area contributed by atoms with E-state index in [1.165, 1.54) is 6.42 Å². The molecule has 6 fully saturated rings. The van der Waals surface area contributed by atoms with E-state index in [2.05, 4.69) is 15.5 Å². The molecule has 234 valence electrons. The second-order valence-corrected chi connectivity index (χ2v) is 12.9. The number of aliphatic hydroxyl groups excluding tert-OH is 2. The zero-order chi connectivity index (χ0) is 29.4. The van der Waals surface area contributed by atoms with Gasteiger partial charge in [0, 0.05) is 57.4 Å². The van der Waals surface area contributed by atoms with Gasteiger partial charge in [-0.2, -0.15) is 0 Å². The highest BCUT2D eigenvalue weighted by atomic mass is 16.5. The van der Waals surface area contributed by atoms with E-state index >= 15 is 0 Å². The molecule has 0 aromatic rings. The number of piperazine rings is 1. The first-order valence-corrected chi connectivity index (χ1v) is 15.8. The molecule has 0 spiro atoms. The molecule has 1 aliphatic carbocycles. The molecule has 5 heterocycles. The molecule has 13 nitrogen and oxygen atoms in total. The number of amides is 4. The number of rotatable bonds is 2. The van der Waals surface area contributed by atoms with Crippen molar-refractivity contribution in [1.29, 1.82) is 0 Å². The molecule has 5 aliphatic heterocycles. The van der Waals surface area contributed by atoms with Crippen molar-refractivity contribution in [1.82, 2.24) is 25.3 Å². The minimum atomic E-state index is -1.28. The number of ether oxygens (including phenoxy) is 2. The molecule has 13 heteroatoms. The SMILES string of the molecule is O=C1C[C@@H]2O[C@H](CNC(=O)[C@@H]3CN(CCN3C(=O)C3CCOCC3)C(=O)[C@@H]3C[C@@H](CN3C3CCCCC3)N1)[C@@H](O)[C@H]2O. The quantitative estimate of drug-likeness (QED) is 0.295. The van der Waals surface area contributed by atoms with E-state index in [9.17, 15) is 29.4 Å². The van der Waals surface area contributed by atoms with E-state index < -0.39 is 42.4 Å². The molecule has 0 unspecified atom stereocenters. The van der Waals surface area contributed by atoms with Gasteiger partial charge < -0.3 is 40.1 Å². The average Bonchev–Trinajstić information content (AvgIpc) is 3.55. The number of hydrogen-bond acceptors (Lipinski definition) is 9. The fourth-order valence-electron chi connectivity index (χ4n) is 7.84. The Labute approximate surface area is 246 Å². The van der Waals surface area contributed by atoms with Crippen molar-refractivity contribution in [2.45, 2.75) is 106 Å². The molecule has 0 radical (unpaired) electrons. The smallest absolute Gasteiger partial charge is 0.244 e. The summed E-state index contributed by atoms with van der Waals surface area (Å²) >= 11 is 0. The lowest BCUT2D eigenvalue weighted by molar-refractivity contribution is -0.154. The molecule has 4 amide bonds. The van der Waals surface area contributed by atoms with E-state index in [1.807, 2.05) is 0 Å². The fraction of sp³-hybridized carbons (Fsp3) is 0.862. The molecule has 5 saturated heterocycles. The van der Waals surface area contributed by atoms with Gasteiger partial charge in [-0.25, -0.2) is 0 Å². The van der Waals surface area contributed by atoms with Gasteiger partial charge in [0.25, 0.3) is 0 Å². The van der Waals surface area contributed by atoms with Crippen molar-refractivity contribution >= 4 is 23.6 Å². The van der Waals surface area contributed by atoms with Crippen LogP contribution < -0.4 is 10.6 Å². The third-order valence-electron chi connectivity index (χ3n) is 10.2. The lowest BCUT2D eigenvalue weighted by atomic mass is 9.93. The summed E-state index contributed by atoms with van der Waals surface area (Å²) in [7, 11) is 0. The second kappa shape index (κ2) is 12.7. The van der Waals surface area contributed by atoms with Crippen LogP contribution in [0.4, 0.5) is 0 Å². The Morgan fingerprint density at radius 2 is 1.62 bits per heavy atom. The highest BCUT2D eigenvalue weighted by Crippen LogP contribution is 2.32. The zero-order valence-corrected chi connectivity index (χ0v) is 24.2. The first-order valence-electron chi connectivity index (χ1n) is 15.8. The van der Waals surface area contributed by atoms with E-state index in [4.69, 9.17) is 9.47 Å². The predicted octanol–water partition coefficient (Wildman–Crippen LogP) is -1.65.